The molecule has 1 amide bonds. The third-order valence-corrected chi connectivity index (χ3v) is 3.57. The van der Waals surface area contributed by atoms with Crippen LogP contribution in [-0.4, -0.2) is 17.9 Å². The zero-order valence-corrected chi connectivity index (χ0v) is 11.3. The third kappa shape index (κ3) is 2.71. The lowest BCUT2D eigenvalue weighted by Gasteiger charge is -2.17. The average molecular weight is 284 g/mol. The van der Waals surface area contributed by atoms with Crippen LogP contribution in [0, 0.1) is 5.82 Å². The SMILES string of the molecule is CN(Cc1ccsc1)C(=O)c1c(F)cccc1Cl. The maximum Gasteiger partial charge on any atom is 0.258 e. The molecule has 1 aromatic heterocycles. The molecule has 0 atom stereocenters. The summed E-state index contributed by atoms with van der Waals surface area (Å²) in [7, 11) is 1.63. The standard InChI is InChI=1S/C13H11ClFNOS/c1-16(7-9-5-6-18-8-9)13(17)12-10(14)3-2-4-11(12)15/h2-6,8H,7H2,1H3. The minimum Gasteiger partial charge on any atom is -0.337 e. The van der Waals surface area contributed by atoms with Gasteiger partial charge in [0.25, 0.3) is 5.91 Å². The Morgan fingerprint density at radius 2 is 2.22 bits per heavy atom. The topological polar surface area (TPSA) is 20.3 Å². The van der Waals surface area contributed by atoms with Crippen LogP contribution >= 0.6 is 22.9 Å². The van der Waals surface area contributed by atoms with Crippen LogP contribution in [0.1, 0.15) is 15.9 Å². The Bertz CT molecular complexity index is 536. The first-order chi connectivity index (χ1) is 8.59. The maximum absolute atomic E-state index is 13.6. The van der Waals surface area contributed by atoms with Gasteiger partial charge in [0.05, 0.1) is 10.6 Å². The lowest BCUT2D eigenvalue weighted by atomic mass is 10.2. The molecule has 0 aliphatic rings. The fraction of sp³-hybridized carbons (Fsp3) is 0.154. The summed E-state index contributed by atoms with van der Waals surface area (Å²) in [5, 5.41) is 4.02. The first-order valence-corrected chi connectivity index (χ1v) is 6.62. The first kappa shape index (κ1) is 13.1. The van der Waals surface area contributed by atoms with Crippen molar-refractivity contribution in [1.82, 2.24) is 4.90 Å². The van der Waals surface area contributed by atoms with Crippen LogP contribution in [0.15, 0.2) is 35.0 Å². The van der Waals surface area contributed by atoms with Crippen molar-refractivity contribution < 1.29 is 9.18 Å². The summed E-state index contributed by atoms with van der Waals surface area (Å²) in [6.07, 6.45) is 0. The number of hydrogen-bond donors (Lipinski definition) is 0. The molecule has 0 aliphatic heterocycles. The fourth-order valence-corrected chi connectivity index (χ4v) is 2.52. The van der Waals surface area contributed by atoms with Gasteiger partial charge in [-0.2, -0.15) is 11.3 Å². The van der Waals surface area contributed by atoms with Crippen LogP contribution in [0.2, 0.25) is 5.02 Å². The predicted molar refractivity (Wildman–Crippen MR) is 71.5 cm³/mol. The minimum absolute atomic E-state index is 0.0723. The van der Waals surface area contributed by atoms with E-state index in [0.717, 1.165) is 5.56 Å². The second-order valence-corrected chi connectivity index (χ2v) is 5.08. The Labute approximate surface area is 114 Å². The molecule has 0 radical (unpaired) electrons. The molecule has 0 fully saturated rings. The van der Waals surface area contributed by atoms with Crippen LogP contribution in [0.25, 0.3) is 0 Å². The van der Waals surface area contributed by atoms with Gasteiger partial charge in [0, 0.05) is 13.6 Å². The predicted octanol–water partition coefficient (Wildman–Crippen LogP) is 3.81. The van der Waals surface area contributed by atoms with E-state index in [2.05, 4.69) is 0 Å². The molecule has 0 unspecified atom stereocenters. The van der Waals surface area contributed by atoms with Gasteiger partial charge < -0.3 is 4.90 Å². The highest BCUT2D eigenvalue weighted by molar-refractivity contribution is 7.07. The van der Waals surface area contributed by atoms with Gasteiger partial charge in [-0.25, -0.2) is 4.39 Å². The molecule has 18 heavy (non-hydrogen) atoms. The number of nitrogens with zero attached hydrogens (tertiary/aromatic N) is 1. The fourth-order valence-electron chi connectivity index (χ4n) is 1.62. The smallest absolute Gasteiger partial charge is 0.258 e. The molecule has 2 aromatic rings. The Kier molecular flexibility index (Phi) is 3.99. The number of rotatable bonds is 3. The molecule has 0 bridgehead atoms. The van der Waals surface area contributed by atoms with Gasteiger partial charge in [-0.3, -0.25) is 4.79 Å². The number of benzene rings is 1. The summed E-state index contributed by atoms with van der Waals surface area (Å²) in [5.74, 6) is -1.01. The van der Waals surface area contributed by atoms with E-state index in [1.54, 1.807) is 18.4 Å². The lowest BCUT2D eigenvalue weighted by molar-refractivity contribution is 0.0781. The van der Waals surface area contributed by atoms with Gasteiger partial charge in [-0.15, -0.1) is 0 Å². The zero-order valence-electron chi connectivity index (χ0n) is 9.69. The van der Waals surface area contributed by atoms with E-state index in [1.165, 1.54) is 23.1 Å². The van der Waals surface area contributed by atoms with E-state index in [0.29, 0.717) is 6.54 Å². The summed E-state index contributed by atoms with van der Waals surface area (Å²) >= 11 is 7.42. The van der Waals surface area contributed by atoms with Crippen molar-refractivity contribution >= 4 is 28.8 Å². The molecule has 0 N–H and O–H groups in total. The summed E-state index contributed by atoms with van der Waals surface area (Å²) in [5.41, 5.74) is 0.945. The number of carbonyl (C=O) groups excluding carboxylic acids is 1. The van der Waals surface area contributed by atoms with Gasteiger partial charge >= 0.3 is 0 Å². The molecule has 5 heteroatoms. The van der Waals surface area contributed by atoms with Gasteiger partial charge in [-0.1, -0.05) is 17.7 Å². The van der Waals surface area contributed by atoms with Crippen molar-refractivity contribution in [3.05, 3.63) is 57.0 Å². The third-order valence-electron chi connectivity index (χ3n) is 2.52. The van der Waals surface area contributed by atoms with Crippen molar-refractivity contribution in [3.63, 3.8) is 0 Å². The lowest BCUT2D eigenvalue weighted by Crippen LogP contribution is -2.27. The van der Waals surface area contributed by atoms with E-state index in [1.807, 2.05) is 16.8 Å². The normalized spacial score (nSPS) is 10.4. The van der Waals surface area contributed by atoms with Gasteiger partial charge in [0.1, 0.15) is 5.82 Å². The Morgan fingerprint density at radius 3 is 2.83 bits per heavy atom. The van der Waals surface area contributed by atoms with Crippen LogP contribution in [-0.2, 0) is 6.54 Å². The monoisotopic (exact) mass is 283 g/mol. The molecule has 94 valence electrons. The Morgan fingerprint density at radius 1 is 1.44 bits per heavy atom. The zero-order chi connectivity index (χ0) is 13.1. The van der Waals surface area contributed by atoms with Crippen molar-refractivity contribution in [3.8, 4) is 0 Å². The van der Waals surface area contributed by atoms with Crippen LogP contribution in [0.4, 0.5) is 4.39 Å². The molecule has 0 spiro atoms. The molecule has 0 saturated heterocycles. The van der Waals surface area contributed by atoms with Crippen molar-refractivity contribution in [1.29, 1.82) is 0 Å². The van der Waals surface area contributed by atoms with Crippen molar-refractivity contribution in [2.45, 2.75) is 6.54 Å². The number of carbonyl (C=O) groups is 1. The van der Waals surface area contributed by atoms with Crippen LogP contribution in [0.5, 0.6) is 0 Å². The Balaban J connectivity index is 2.21. The minimum atomic E-state index is -0.593. The summed E-state index contributed by atoms with van der Waals surface area (Å²) < 4.78 is 13.6. The van der Waals surface area contributed by atoms with Gasteiger partial charge in [0.15, 0.2) is 0 Å². The quantitative estimate of drug-likeness (QED) is 0.839. The summed E-state index contributed by atoms with van der Waals surface area (Å²) in [6, 6.07) is 6.15. The number of amides is 1. The molecule has 0 aliphatic carbocycles. The van der Waals surface area contributed by atoms with Gasteiger partial charge in [0.2, 0.25) is 0 Å². The van der Waals surface area contributed by atoms with Crippen LogP contribution in [0.3, 0.4) is 0 Å². The Hall–Kier alpha value is -1.39. The molecular formula is C13H11ClFNOS. The number of halogens is 2. The highest BCUT2D eigenvalue weighted by Crippen LogP contribution is 2.21. The molecular weight excluding hydrogens is 273 g/mol. The van der Waals surface area contributed by atoms with Crippen LogP contribution < -0.4 is 0 Å². The summed E-state index contributed by atoms with van der Waals surface area (Å²) in [6.45, 7) is 0.437. The van der Waals surface area contributed by atoms with E-state index in [4.69, 9.17) is 11.6 Å². The largest absolute Gasteiger partial charge is 0.337 e. The molecule has 1 aromatic carbocycles. The second-order valence-electron chi connectivity index (χ2n) is 3.89. The van der Waals surface area contributed by atoms with Gasteiger partial charge in [-0.05, 0) is 34.5 Å². The first-order valence-electron chi connectivity index (χ1n) is 5.30. The summed E-state index contributed by atoms with van der Waals surface area (Å²) in [4.78, 5) is 13.6. The van der Waals surface area contributed by atoms with E-state index >= 15 is 0 Å². The van der Waals surface area contributed by atoms with Crippen molar-refractivity contribution in [2.24, 2.45) is 0 Å². The highest BCUT2D eigenvalue weighted by Gasteiger charge is 2.19. The average Bonchev–Trinajstić information content (AvgIpc) is 2.81. The molecule has 2 nitrogen and oxygen atoms in total. The number of hydrogen-bond acceptors (Lipinski definition) is 2. The molecule has 0 saturated carbocycles. The van der Waals surface area contributed by atoms with E-state index in [-0.39, 0.29) is 10.6 Å². The van der Waals surface area contributed by atoms with E-state index < -0.39 is 11.7 Å². The molecule has 2 rings (SSSR count). The van der Waals surface area contributed by atoms with E-state index in [9.17, 15) is 9.18 Å². The molecule has 1 heterocycles. The second kappa shape index (κ2) is 5.50. The number of thiophene rings is 1. The van der Waals surface area contributed by atoms with Crippen molar-refractivity contribution in [2.75, 3.05) is 7.05 Å². The maximum atomic E-state index is 13.6. The highest BCUT2D eigenvalue weighted by atomic mass is 35.5.